The highest BCUT2D eigenvalue weighted by Gasteiger charge is 2.57. The quantitative estimate of drug-likeness (QED) is 0.286. The van der Waals surface area contributed by atoms with E-state index in [0.29, 0.717) is 66.6 Å². The Morgan fingerprint density at radius 3 is 2.35 bits per heavy atom. The summed E-state index contributed by atoms with van der Waals surface area (Å²) >= 11 is 0. The number of aromatic nitrogens is 2. The average Bonchev–Trinajstić information content (AvgIpc) is 3.69. The Morgan fingerprint density at radius 2 is 1.73 bits per heavy atom. The minimum Gasteiger partial charge on any atom is -0.497 e. The molecule has 1 amide bonds. The fraction of sp³-hybridized carbons (Fsp3) is 0.500. The topological polar surface area (TPSA) is 99.1 Å². The van der Waals surface area contributed by atoms with Crippen LogP contribution in [0, 0.1) is 18.8 Å². The number of carbonyl (C=O) groups excluding carboxylic acids is 1. The molecular formula is C36H41F4N5O4. The number of carbonyl (C=O) groups is 2. The highest BCUT2D eigenvalue weighted by Crippen LogP contribution is 2.47. The van der Waals surface area contributed by atoms with Crippen molar-refractivity contribution < 1.29 is 37.0 Å². The van der Waals surface area contributed by atoms with Gasteiger partial charge in [0.1, 0.15) is 17.4 Å². The number of amides is 1. The van der Waals surface area contributed by atoms with E-state index in [2.05, 4.69) is 9.97 Å². The number of benzene rings is 2. The number of alkyl halides is 4. The molecule has 3 aromatic rings. The van der Waals surface area contributed by atoms with Crippen LogP contribution in [-0.2, 0) is 15.8 Å². The summed E-state index contributed by atoms with van der Waals surface area (Å²) in [5, 5.41) is 9.49. The van der Waals surface area contributed by atoms with Crippen LogP contribution in [0.5, 0.6) is 5.75 Å². The second-order valence-corrected chi connectivity index (χ2v) is 13.4. The minimum atomic E-state index is -4.57. The number of hydrogen-bond donors (Lipinski definition) is 1. The molecule has 3 fully saturated rings. The molecule has 0 bridgehead atoms. The second kappa shape index (κ2) is 13.5. The lowest BCUT2D eigenvalue weighted by Crippen LogP contribution is -2.50. The highest BCUT2D eigenvalue weighted by molar-refractivity contribution is 5.89. The predicted octanol–water partition coefficient (Wildman–Crippen LogP) is 6.08. The molecule has 4 atom stereocenters. The summed E-state index contributed by atoms with van der Waals surface area (Å²) in [5.41, 5.74) is -1.41. The van der Waals surface area contributed by atoms with Gasteiger partial charge in [-0.25, -0.2) is 14.4 Å². The van der Waals surface area contributed by atoms with Crippen molar-refractivity contribution in [2.75, 3.05) is 56.2 Å². The molecule has 6 rings (SSSR count). The van der Waals surface area contributed by atoms with E-state index in [9.17, 15) is 27.9 Å². The Kier molecular flexibility index (Phi) is 9.47. The van der Waals surface area contributed by atoms with Crippen molar-refractivity contribution >= 4 is 23.4 Å². The van der Waals surface area contributed by atoms with Crippen molar-refractivity contribution in [2.24, 2.45) is 11.8 Å². The van der Waals surface area contributed by atoms with Crippen LogP contribution in [0.1, 0.15) is 60.5 Å². The zero-order valence-corrected chi connectivity index (χ0v) is 27.8. The summed E-state index contributed by atoms with van der Waals surface area (Å²) in [6.07, 6.45) is -1.71. The number of nitrogens with zero attached hydrogens (tertiary/aromatic N) is 5. The van der Waals surface area contributed by atoms with Gasteiger partial charge in [-0.2, -0.15) is 13.2 Å². The van der Waals surface area contributed by atoms with Crippen LogP contribution in [0.15, 0.2) is 54.7 Å². The molecule has 3 saturated heterocycles. The number of halogens is 4. The summed E-state index contributed by atoms with van der Waals surface area (Å²) in [4.78, 5) is 39.8. The smallest absolute Gasteiger partial charge is 0.416 e. The molecule has 262 valence electrons. The van der Waals surface area contributed by atoms with Crippen LogP contribution in [-0.4, -0.2) is 83.9 Å². The number of rotatable bonds is 8. The molecule has 3 aliphatic rings. The van der Waals surface area contributed by atoms with Crippen LogP contribution in [0.25, 0.3) is 0 Å². The molecule has 13 heteroatoms. The van der Waals surface area contributed by atoms with E-state index in [1.165, 1.54) is 6.07 Å². The van der Waals surface area contributed by atoms with Crippen molar-refractivity contribution in [3.8, 4) is 5.75 Å². The Bertz CT molecular complexity index is 1680. The van der Waals surface area contributed by atoms with E-state index >= 15 is 4.39 Å². The van der Waals surface area contributed by atoms with Gasteiger partial charge in [0.2, 0.25) is 5.67 Å². The number of aryl methyl sites for hydroxylation is 1. The van der Waals surface area contributed by atoms with Gasteiger partial charge < -0.3 is 24.5 Å². The number of aliphatic carboxylic acids is 1. The molecule has 2 aromatic carbocycles. The van der Waals surface area contributed by atoms with Gasteiger partial charge in [-0.1, -0.05) is 31.5 Å². The first-order valence-electron chi connectivity index (χ1n) is 16.7. The number of ether oxygens (including phenoxy) is 1. The lowest BCUT2D eigenvalue weighted by atomic mass is 9.84. The van der Waals surface area contributed by atoms with E-state index in [1.54, 1.807) is 60.4 Å². The number of carboxylic acid groups (broad SMARTS) is 1. The lowest BCUT2D eigenvalue weighted by molar-refractivity contribution is -0.143. The van der Waals surface area contributed by atoms with Crippen molar-refractivity contribution in [3.05, 3.63) is 77.2 Å². The van der Waals surface area contributed by atoms with Gasteiger partial charge in [0, 0.05) is 56.4 Å². The van der Waals surface area contributed by atoms with Crippen LogP contribution in [0.2, 0.25) is 0 Å². The lowest BCUT2D eigenvalue weighted by Gasteiger charge is -2.35. The third-order valence-electron chi connectivity index (χ3n) is 10.5. The minimum absolute atomic E-state index is 0.124. The van der Waals surface area contributed by atoms with Crippen molar-refractivity contribution in [1.29, 1.82) is 0 Å². The fourth-order valence-corrected chi connectivity index (χ4v) is 7.78. The number of likely N-dealkylation sites (tertiary alicyclic amines) is 1. The first-order chi connectivity index (χ1) is 23.3. The van der Waals surface area contributed by atoms with Crippen LogP contribution >= 0.6 is 0 Å². The molecule has 0 unspecified atom stereocenters. The summed E-state index contributed by atoms with van der Waals surface area (Å²) in [6.45, 7) is 4.70. The molecule has 0 radical (unpaired) electrons. The molecule has 0 saturated carbocycles. The van der Waals surface area contributed by atoms with Crippen LogP contribution < -0.4 is 14.5 Å². The average molecular weight is 684 g/mol. The first kappa shape index (κ1) is 34.4. The van der Waals surface area contributed by atoms with Gasteiger partial charge in [0.15, 0.2) is 0 Å². The van der Waals surface area contributed by atoms with E-state index < -0.39 is 41.1 Å². The molecule has 1 aromatic heterocycles. The SMILES string of the molecule is CC[C@H]1CN(C(=O)[C@]2(F)CN(c3ccnc(C)n3)C[C@H]2c2ccc(OC)cc2)C[C@@H]1c1ccc(C(F)(F)F)cc1N1CCC(C(=O)O)CC1. The number of hydrogen-bond acceptors (Lipinski definition) is 7. The molecule has 1 N–H and O–H groups in total. The maximum atomic E-state index is 17.7. The Labute approximate surface area is 282 Å². The van der Waals surface area contributed by atoms with E-state index in [1.807, 2.05) is 11.8 Å². The molecule has 0 aliphatic carbocycles. The number of anilines is 2. The maximum Gasteiger partial charge on any atom is 0.416 e. The van der Waals surface area contributed by atoms with E-state index in [0.717, 1.165) is 12.1 Å². The van der Waals surface area contributed by atoms with Gasteiger partial charge in [0.25, 0.3) is 5.91 Å². The summed E-state index contributed by atoms with van der Waals surface area (Å²) in [7, 11) is 1.54. The molecule has 0 spiro atoms. The largest absolute Gasteiger partial charge is 0.497 e. The van der Waals surface area contributed by atoms with Gasteiger partial charge in [0.05, 0.1) is 25.1 Å². The first-order valence-corrected chi connectivity index (χ1v) is 16.7. The highest BCUT2D eigenvalue weighted by atomic mass is 19.4. The van der Waals surface area contributed by atoms with Gasteiger partial charge in [-0.05, 0) is 67.1 Å². The zero-order valence-electron chi connectivity index (χ0n) is 27.8. The van der Waals surface area contributed by atoms with Gasteiger partial charge in [-0.3, -0.25) is 9.59 Å². The normalized spacial score (nSPS) is 24.8. The van der Waals surface area contributed by atoms with Gasteiger partial charge >= 0.3 is 12.1 Å². The number of methoxy groups -OCH3 is 1. The van der Waals surface area contributed by atoms with Gasteiger partial charge in [-0.15, -0.1) is 0 Å². The number of piperidine rings is 1. The standard InChI is InChI=1S/C36H41F4N5O4/c1-4-23-18-44(19-29(23)28-10-7-26(36(38,39)40)17-31(28)43-15-12-25(13-16-43)33(46)47)34(48)35(37)21-45(32-11-14-41-22(2)42-32)20-30(35)24-5-8-27(49-3)9-6-24/h5-11,14,17,23,25,29-30H,4,12-13,15-16,18-21H2,1-3H3,(H,46,47)/t23-,29-,30-,35-/m0/s1. The third-order valence-corrected chi connectivity index (χ3v) is 10.5. The predicted molar refractivity (Wildman–Crippen MR) is 176 cm³/mol. The Balaban J connectivity index is 1.32. The van der Waals surface area contributed by atoms with Crippen LogP contribution in [0.4, 0.5) is 29.1 Å². The van der Waals surface area contributed by atoms with Crippen molar-refractivity contribution in [2.45, 2.75) is 56.8 Å². The summed E-state index contributed by atoms with van der Waals surface area (Å²) in [5.74, 6) is -1.75. The Hall–Kier alpha value is -4.42. The van der Waals surface area contributed by atoms with Crippen LogP contribution in [0.3, 0.4) is 0 Å². The van der Waals surface area contributed by atoms with Crippen molar-refractivity contribution in [1.82, 2.24) is 14.9 Å². The maximum absolute atomic E-state index is 17.7. The summed E-state index contributed by atoms with van der Waals surface area (Å²) < 4.78 is 64.7. The zero-order chi connectivity index (χ0) is 35.1. The molecule has 4 heterocycles. The third kappa shape index (κ3) is 6.76. The van der Waals surface area contributed by atoms with Crippen molar-refractivity contribution in [3.63, 3.8) is 0 Å². The molecule has 9 nitrogen and oxygen atoms in total. The fourth-order valence-electron chi connectivity index (χ4n) is 7.78. The monoisotopic (exact) mass is 683 g/mol. The molecular weight excluding hydrogens is 642 g/mol. The Morgan fingerprint density at radius 1 is 1.02 bits per heavy atom. The second-order valence-electron chi connectivity index (χ2n) is 13.4. The number of carboxylic acids is 1. The van der Waals surface area contributed by atoms with E-state index in [4.69, 9.17) is 4.74 Å². The molecule has 3 aliphatic heterocycles. The summed E-state index contributed by atoms with van der Waals surface area (Å²) in [6, 6.07) is 12.4. The molecule has 49 heavy (non-hydrogen) atoms. The van der Waals surface area contributed by atoms with E-state index in [-0.39, 0.29) is 38.0 Å².